The summed E-state index contributed by atoms with van der Waals surface area (Å²) in [5, 5.41) is 0. The van der Waals surface area contributed by atoms with Gasteiger partial charge < -0.3 is 9.47 Å². The standard InChI is InChI=1S/C24H32O5/c1-14(2)16-8-9-18-17(12-16)20(27)21(29-15(3)25)22-23(4,13-19(26)28-6)10-7-11-24(18,22)5/h8-9,12,14,21-22H,7,10-11,13H2,1-6H3/t21?,22-,23-,24+/m0/s1. The Labute approximate surface area is 173 Å². The summed E-state index contributed by atoms with van der Waals surface area (Å²) in [6.45, 7) is 9.71. The molecule has 0 amide bonds. The maximum absolute atomic E-state index is 13.6. The average molecular weight is 401 g/mol. The molecular formula is C24H32O5. The Bertz CT molecular complexity index is 842. The van der Waals surface area contributed by atoms with Gasteiger partial charge in [0.1, 0.15) is 0 Å². The van der Waals surface area contributed by atoms with E-state index in [0.29, 0.717) is 11.5 Å². The zero-order valence-corrected chi connectivity index (χ0v) is 18.3. The van der Waals surface area contributed by atoms with Crippen molar-refractivity contribution in [3.05, 3.63) is 34.9 Å². The van der Waals surface area contributed by atoms with E-state index in [4.69, 9.17) is 9.47 Å². The van der Waals surface area contributed by atoms with E-state index in [2.05, 4.69) is 32.9 Å². The lowest BCUT2D eigenvalue weighted by molar-refractivity contribution is -0.157. The molecule has 0 spiro atoms. The molecule has 158 valence electrons. The van der Waals surface area contributed by atoms with Crippen molar-refractivity contribution in [1.82, 2.24) is 0 Å². The van der Waals surface area contributed by atoms with Crippen LogP contribution in [-0.4, -0.2) is 30.9 Å². The van der Waals surface area contributed by atoms with Gasteiger partial charge in [0.2, 0.25) is 5.78 Å². The number of carbonyl (C=O) groups excluding carboxylic acids is 3. The highest BCUT2D eigenvalue weighted by atomic mass is 16.5. The smallest absolute Gasteiger partial charge is 0.306 e. The van der Waals surface area contributed by atoms with Gasteiger partial charge in [0.15, 0.2) is 6.10 Å². The van der Waals surface area contributed by atoms with Crippen LogP contribution in [0, 0.1) is 11.3 Å². The van der Waals surface area contributed by atoms with Crippen LogP contribution in [0.4, 0.5) is 0 Å². The summed E-state index contributed by atoms with van der Waals surface area (Å²) in [6.07, 6.45) is 1.92. The quantitative estimate of drug-likeness (QED) is 0.693. The van der Waals surface area contributed by atoms with Crippen LogP contribution in [0.2, 0.25) is 0 Å². The number of methoxy groups -OCH3 is 1. The summed E-state index contributed by atoms with van der Waals surface area (Å²) < 4.78 is 10.6. The van der Waals surface area contributed by atoms with Crippen LogP contribution in [0.5, 0.6) is 0 Å². The van der Waals surface area contributed by atoms with Gasteiger partial charge in [-0.25, -0.2) is 0 Å². The fourth-order valence-corrected chi connectivity index (χ4v) is 5.77. The molecule has 29 heavy (non-hydrogen) atoms. The molecule has 0 radical (unpaired) electrons. The summed E-state index contributed by atoms with van der Waals surface area (Å²) in [5.41, 5.74) is 1.90. The molecule has 0 heterocycles. The molecule has 3 rings (SSSR count). The van der Waals surface area contributed by atoms with Crippen molar-refractivity contribution in [3.8, 4) is 0 Å². The highest BCUT2D eigenvalue weighted by Gasteiger charge is 2.60. The van der Waals surface area contributed by atoms with Gasteiger partial charge in [0, 0.05) is 23.8 Å². The first-order chi connectivity index (χ1) is 13.5. The number of rotatable bonds is 4. The predicted octanol–water partition coefficient (Wildman–Crippen LogP) is 4.57. The molecule has 2 aliphatic carbocycles. The molecule has 1 unspecified atom stereocenters. The van der Waals surface area contributed by atoms with E-state index in [1.165, 1.54) is 14.0 Å². The lowest BCUT2D eigenvalue weighted by Crippen LogP contribution is -2.59. The first-order valence-electron chi connectivity index (χ1n) is 10.5. The SMILES string of the molecule is COC(=O)C[C@]1(C)CCC[C@]2(C)c3ccc(C(C)C)cc3C(=O)C(OC(C)=O)[C@@H]12. The Morgan fingerprint density at radius 1 is 1.21 bits per heavy atom. The Morgan fingerprint density at radius 3 is 2.48 bits per heavy atom. The number of carbonyl (C=O) groups is 3. The second-order valence-corrected chi connectivity index (χ2v) is 9.51. The van der Waals surface area contributed by atoms with Crippen molar-refractivity contribution in [2.24, 2.45) is 11.3 Å². The second-order valence-electron chi connectivity index (χ2n) is 9.51. The minimum Gasteiger partial charge on any atom is -0.469 e. The fraction of sp³-hybridized carbons (Fsp3) is 0.625. The molecule has 2 aliphatic rings. The summed E-state index contributed by atoms with van der Waals surface area (Å²) in [7, 11) is 1.38. The maximum Gasteiger partial charge on any atom is 0.306 e. The normalized spacial score (nSPS) is 31.1. The van der Waals surface area contributed by atoms with E-state index in [0.717, 1.165) is 30.4 Å². The van der Waals surface area contributed by atoms with Gasteiger partial charge in [-0.15, -0.1) is 0 Å². The molecule has 4 atom stereocenters. The molecule has 5 heteroatoms. The monoisotopic (exact) mass is 400 g/mol. The number of hydrogen-bond acceptors (Lipinski definition) is 5. The van der Waals surface area contributed by atoms with Gasteiger partial charge in [-0.2, -0.15) is 0 Å². The number of Topliss-reactive ketones (excluding diaryl/α,β-unsaturated/α-hetero) is 1. The Kier molecular flexibility index (Phi) is 5.63. The molecule has 0 bridgehead atoms. The number of benzene rings is 1. The number of ether oxygens (including phenoxy) is 2. The lowest BCUT2D eigenvalue weighted by atomic mass is 9.48. The number of fused-ring (bicyclic) bond motifs is 3. The Morgan fingerprint density at radius 2 is 1.90 bits per heavy atom. The maximum atomic E-state index is 13.6. The third kappa shape index (κ3) is 3.60. The first kappa shape index (κ1) is 21.5. The molecule has 0 aliphatic heterocycles. The van der Waals surface area contributed by atoms with Crippen molar-refractivity contribution in [1.29, 1.82) is 0 Å². The van der Waals surface area contributed by atoms with Gasteiger partial charge in [0.25, 0.3) is 0 Å². The van der Waals surface area contributed by atoms with E-state index >= 15 is 0 Å². The van der Waals surface area contributed by atoms with Crippen LogP contribution in [0.25, 0.3) is 0 Å². The topological polar surface area (TPSA) is 69.7 Å². The minimum atomic E-state index is -0.887. The van der Waals surface area contributed by atoms with Crippen molar-refractivity contribution in [2.75, 3.05) is 7.11 Å². The van der Waals surface area contributed by atoms with Crippen molar-refractivity contribution in [3.63, 3.8) is 0 Å². The third-order valence-electron chi connectivity index (χ3n) is 7.10. The highest BCUT2D eigenvalue weighted by molar-refractivity contribution is 6.04. The summed E-state index contributed by atoms with van der Waals surface area (Å²) in [5.74, 6) is -0.913. The van der Waals surface area contributed by atoms with Gasteiger partial charge >= 0.3 is 11.9 Å². The van der Waals surface area contributed by atoms with Crippen LogP contribution in [0.1, 0.15) is 87.7 Å². The Balaban J connectivity index is 2.20. The predicted molar refractivity (Wildman–Crippen MR) is 110 cm³/mol. The summed E-state index contributed by atoms with van der Waals surface area (Å²) in [6, 6.07) is 6.13. The molecule has 1 saturated carbocycles. The van der Waals surface area contributed by atoms with Gasteiger partial charge in [-0.05, 0) is 41.4 Å². The van der Waals surface area contributed by atoms with Gasteiger partial charge in [0.05, 0.1) is 13.5 Å². The van der Waals surface area contributed by atoms with E-state index in [9.17, 15) is 14.4 Å². The summed E-state index contributed by atoms with van der Waals surface area (Å²) >= 11 is 0. The molecule has 5 nitrogen and oxygen atoms in total. The van der Waals surface area contributed by atoms with Crippen LogP contribution < -0.4 is 0 Å². The molecule has 1 aromatic carbocycles. The van der Waals surface area contributed by atoms with Crippen molar-refractivity contribution >= 4 is 17.7 Å². The van der Waals surface area contributed by atoms with Gasteiger partial charge in [-0.1, -0.05) is 46.2 Å². The van der Waals surface area contributed by atoms with E-state index in [-0.39, 0.29) is 29.5 Å². The molecule has 0 aromatic heterocycles. The third-order valence-corrected chi connectivity index (χ3v) is 7.10. The zero-order chi connectivity index (χ0) is 21.6. The van der Waals surface area contributed by atoms with Crippen molar-refractivity contribution in [2.45, 2.75) is 77.7 Å². The molecule has 1 aromatic rings. The molecule has 1 fully saturated rings. The first-order valence-corrected chi connectivity index (χ1v) is 10.5. The Hall–Kier alpha value is -2.17. The van der Waals surface area contributed by atoms with Gasteiger partial charge in [-0.3, -0.25) is 14.4 Å². The summed E-state index contributed by atoms with van der Waals surface area (Å²) in [4.78, 5) is 37.7. The minimum absolute atomic E-state index is 0.154. The van der Waals surface area contributed by atoms with E-state index in [1.807, 2.05) is 13.0 Å². The number of hydrogen-bond donors (Lipinski definition) is 0. The average Bonchev–Trinajstić information content (AvgIpc) is 2.64. The van der Waals surface area contributed by atoms with Crippen LogP contribution in [0.3, 0.4) is 0 Å². The molecule has 0 N–H and O–H groups in total. The van der Waals surface area contributed by atoms with Crippen LogP contribution in [-0.2, 0) is 24.5 Å². The van der Waals surface area contributed by atoms with Crippen LogP contribution in [0.15, 0.2) is 18.2 Å². The zero-order valence-electron chi connectivity index (χ0n) is 18.3. The van der Waals surface area contributed by atoms with E-state index < -0.39 is 17.5 Å². The highest BCUT2D eigenvalue weighted by Crippen LogP contribution is 2.59. The van der Waals surface area contributed by atoms with Crippen molar-refractivity contribution < 1.29 is 23.9 Å². The van der Waals surface area contributed by atoms with E-state index in [1.54, 1.807) is 0 Å². The van der Waals surface area contributed by atoms with Crippen LogP contribution >= 0.6 is 0 Å². The second kappa shape index (κ2) is 7.58. The molecule has 0 saturated heterocycles. The fourth-order valence-electron chi connectivity index (χ4n) is 5.77. The number of ketones is 1. The number of esters is 2. The largest absolute Gasteiger partial charge is 0.469 e. The lowest BCUT2D eigenvalue weighted by Gasteiger charge is -2.56. The molecular weight excluding hydrogens is 368 g/mol.